The van der Waals surface area contributed by atoms with E-state index < -0.39 is 6.10 Å². The zero-order valence-corrected chi connectivity index (χ0v) is 13.3. The molecule has 0 unspecified atom stereocenters. The van der Waals surface area contributed by atoms with Gasteiger partial charge in [-0.2, -0.15) is 0 Å². The van der Waals surface area contributed by atoms with Gasteiger partial charge in [-0.1, -0.05) is 48.9 Å². The molecule has 1 atom stereocenters. The van der Waals surface area contributed by atoms with Crippen molar-refractivity contribution in [2.45, 2.75) is 33.3 Å². The molecule has 0 saturated heterocycles. The molecule has 116 valence electrons. The van der Waals surface area contributed by atoms with Gasteiger partial charge in [-0.05, 0) is 43.5 Å². The Balaban J connectivity index is 2.00. The number of benzene rings is 2. The lowest BCUT2D eigenvalue weighted by atomic mass is 10.0. The van der Waals surface area contributed by atoms with Gasteiger partial charge in [0.05, 0.1) is 6.61 Å². The first-order valence-electron chi connectivity index (χ1n) is 7.60. The van der Waals surface area contributed by atoms with Crippen LogP contribution in [0.15, 0.2) is 48.5 Å². The monoisotopic (exact) mass is 298 g/mol. The van der Waals surface area contributed by atoms with E-state index in [1.165, 1.54) is 5.56 Å². The fourth-order valence-corrected chi connectivity index (χ4v) is 2.04. The van der Waals surface area contributed by atoms with Crippen molar-refractivity contribution in [3.63, 3.8) is 0 Å². The third kappa shape index (κ3) is 4.35. The van der Waals surface area contributed by atoms with E-state index >= 15 is 0 Å². The molecule has 2 aromatic rings. The first-order valence-corrected chi connectivity index (χ1v) is 7.60. The number of esters is 1. The normalized spacial score (nSPS) is 11.8. The van der Waals surface area contributed by atoms with Crippen LogP contribution in [-0.2, 0) is 9.53 Å². The van der Waals surface area contributed by atoms with Crippen molar-refractivity contribution in [1.82, 2.24) is 0 Å². The van der Waals surface area contributed by atoms with Crippen molar-refractivity contribution in [1.29, 1.82) is 0 Å². The molecule has 0 amide bonds. The highest BCUT2D eigenvalue weighted by Crippen LogP contribution is 2.23. The van der Waals surface area contributed by atoms with E-state index in [2.05, 4.69) is 31.2 Å². The Morgan fingerprint density at radius 2 is 1.55 bits per heavy atom. The number of hydrogen-bond donors (Lipinski definition) is 0. The fourth-order valence-electron chi connectivity index (χ4n) is 2.04. The molecule has 0 fully saturated rings. The second kappa shape index (κ2) is 7.64. The zero-order chi connectivity index (χ0) is 15.9. The summed E-state index contributed by atoms with van der Waals surface area (Å²) in [6.45, 7) is 6.16. The van der Waals surface area contributed by atoms with Gasteiger partial charge < -0.3 is 9.47 Å². The second-order valence-corrected chi connectivity index (χ2v) is 5.32. The van der Waals surface area contributed by atoms with Crippen LogP contribution in [0.5, 0.6) is 5.75 Å². The molecule has 0 aliphatic carbocycles. The maximum atomic E-state index is 11.7. The highest BCUT2D eigenvalue weighted by atomic mass is 16.6. The summed E-state index contributed by atoms with van der Waals surface area (Å²) in [6, 6.07) is 16.1. The van der Waals surface area contributed by atoms with Crippen LogP contribution in [0.4, 0.5) is 0 Å². The number of rotatable bonds is 6. The van der Waals surface area contributed by atoms with Crippen LogP contribution in [0.25, 0.3) is 11.1 Å². The molecule has 3 nitrogen and oxygen atoms in total. The molecular weight excluding hydrogens is 276 g/mol. The molecule has 22 heavy (non-hydrogen) atoms. The largest absolute Gasteiger partial charge is 0.479 e. The Labute approximate surface area is 131 Å². The third-order valence-electron chi connectivity index (χ3n) is 3.33. The molecule has 0 saturated carbocycles. The lowest BCUT2D eigenvalue weighted by Crippen LogP contribution is -2.26. The minimum absolute atomic E-state index is 0.329. The predicted molar refractivity (Wildman–Crippen MR) is 88.0 cm³/mol. The highest BCUT2D eigenvalue weighted by Gasteiger charge is 2.15. The lowest BCUT2D eigenvalue weighted by molar-refractivity contribution is -0.151. The van der Waals surface area contributed by atoms with Gasteiger partial charge in [0, 0.05) is 0 Å². The maximum absolute atomic E-state index is 11.7. The molecule has 0 aromatic heterocycles. The van der Waals surface area contributed by atoms with Crippen LogP contribution in [0, 0.1) is 6.92 Å². The molecule has 3 heteroatoms. The standard InChI is InChI=1S/C19H22O3/c1-4-13-21-19(20)15(3)22-18-11-9-17(10-12-18)16-7-5-14(2)6-8-16/h5-12,15H,4,13H2,1-3H3/t15-/m0/s1. The van der Waals surface area contributed by atoms with Crippen LogP contribution < -0.4 is 4.74 Å². The molecule has 2 aromatic carbocycles. The van der Waals surface area contributed by atoms with Gasteiger partial charge in [-0.3, -0.25) is 0 Å². The Kier molecular flexibility index (Phi) is 5.59. The number of carbonyl (C=O) groups excluding carboxylic acids is 1. The lowest BCUT2D eigenvalue weighted by Gasteiger charge is -2.14. The quantitative estimate of drug-likeness (QED) is 0.742. The van der Waals surface area contributed by atoms with Crippen LogP contribution in [-0.4, -0.2) is 18.7 Å². The van der Waals surface area contributed by atoms with E-state index in [9.17, 15) is 4.79 Å². The van der Waals surface area contributed by atoms with Crippen molar-refractivity contribution >= 4 is 5.97 Å². The molecule has 0 aliphatic rings. The number of aryl methyl sites for hydroxylation is 1. The first kappa shape index (κ1) is 16.1. The van der Waals surface area contributed by atoms with Crippen molar-refractivity contribution < 1.29 is 14.3 Å². The van der Waals surface area contributed by atoms with Gasteiger partial charge in [0.1, 0.15) is 5.75 Å². The van der Waals surface area contributed by atoms with Crippen LogP contribution in [0.1, 0.15) is 25.8 Å². The van der Waals surface area contributed by atoms with E-state index in [1.807, 2.05) is 31.2 Å². The van der Waals surface area contributed by atoms with Crippen LogP contribution >= 0.6 is 0 Å². The summed E-state index contributed by atoms with van der Waals surface area (Å²) in [6.07, 6.45) is 0.209. The van der Waals surface area contributed by atoms with Crippen LogP contribution in [0.3, 0.4) is 0 Å². The van der Waals surface area contributed by atoms with Crippen molar-refractivity contribution in [3.05, 3.63) is 54.1 Å². The SMILES string of the molecule is CCCOC(=O)[C@H](C)Oc1ccc(-c2ccc(C)cc2)cc1. The maximum Gasteiger partial charge on any atom is 0.347 e. The Hall–Kier alpha value is -2.29. The summed E-state index contributed by atoms with van der Waals surface area (Å²) in [5, 5.41) is 0. The summed E-state index contributed by atoms with van der Waals surface area (Å²) < 4.78 is 10.7. The van der Waals surface area contributed by atoms with E-state index in [0.29, 0.717) is 12.4 Å². The van der Waals surface area contributed by atoms with Gasteiger partial charge in [0.2, 0.25) is 0 Å². The van der Waals surface area contributed by atoms with E-state index in [4.69, 9.17) is 9.47 Å². The Morgan fingerprint density at radius 3 is 2.09 bits per heavy atom. The summed E-state index contributed by atoms with van der Waals surface area (Å²) in [5.41, 5.74) is 3.52. The van der Waals surface area contributed by atoms with Gasteiger partial charge >= 0.3 is 5.97 Å². The number of hydrogen-bond acceptors (Lipinski definition) is 3. The van der Waals surface area contributed by atoms with Gasteiger partial charge in [-0.15, -0.1) is 0 Å². The molecule has 0 aliphatic heterocycles. The summed E-state index contributed by atoms with van der Waals surface area (Å²) in [7, 11) is 0. The minimum atomic E-state index is -0.600. The van der Waals surface area contributed by atoms with Gasteiger partial charge in [0.15, 0.2) is 6.10 Å². The first-order chi connectivity index (χ1) is 10.6. The average molecular weight is 298 g/mol. The third-order valence-corrected chi connectivity index (χ3v) is 3.33. The van der Waals surface area contributed by atoms with E-state index in [1.54, 1.807) is 6.92 Å². The molecule has 2 rings (SSSR count). The minimum Gasteiger partial charge on any atom is -0.479 e. The topological polar surface area (TPSA) is 35.5 Å². The van der Waals surface area contributed by atoms with Crippen molar-refractivity contribution in [2.75, 3.05) is 6.61 Å². The smallest absolute Gasteiger partial charge is 0.347 e. The van der Waals surface area contributed by atoms with E-state index in [0.717, 1.165) is 17.5 Å². The summed E-state index contributed by atoms with van der Waals surface area (Å²) in [4.78, 5) is 11.7. The van der Waals surface area contributed by atoms with Crippen molar-refractivity contribution in [3.8, 4) is 16.9 Å². The Morgan fingerprint density at radius 1 is 1.00 bits per heavy atom. The van der Waals surface area contributed by atoms with E-state index in [-0.39, 0.29) is 5.97 Å². The Bertz CT molecular complexity index is 600. The summed E-state index contributed by atoms with van der Waals surface area (Å²) >= 11 is 0. The highest BCUT2D eigenvalue weighted by molar-refractivity contribution is 5.74. The molecule has 0 bridgehead atoms. The molecule has 0 N–H and O–H groups in total. The van der Waals surface area contributed by atoms with Crippen LogP contribution in [0.2, 0.25) is 0 Å². The number of carbonyl (C=O) groups is 1. The molecule has 0 spiro atoms. The van der Waals surface area contributed by atoms with Gasteiger partial charge in [-0.25, -0.2) is 4.79 Å². The number of ether oxygens (including phenoxy) is 2. The molecular formula is C19H22O3. The van der Waals surface area contributed by atoms with Crippen molar-refractivity contribution in [2.24, 2.45) is 0 Å². The summed E-state index contributed by atoms with van der Waals surface area (Å²) in [5.74, 6) is 0.335. The molecule has 0 heterocycles. The average Bonchev–Trinajstić information content (AvgIpc) is 2.54. The molecule has 0 radical (unpaired) electrons. The second-order valence-electron chi connectivity index (χ2n) is 5.32. The fraction of sp³-hybridized carbons (Fsp3) is 0.316. The van der Waals surface area contributed by atoms with Gasteiger partial charge in [0.25, 0.3) is 0 Å². The zero-order valence-electron chi connectivity index (χ0n) is 13.3. The predicted octanol–water partition coefficient (Wildman–Crippen LogP) is 4.38.